The fourth-order valence-corrected chi connectivity index (χ4v) is 6.47. The predicted octanol–water partition coefficient (Wildman–Crippen LogP) is 6.20. The lowest BCUT2D eigenvalue weighted by Gasteiger charge is -2.36. The van der Waals surface area contributed by atoms with E-state index in [0.29, 0.717) is 18.2 Å². The summed E-state index contributed by atoms with van der Waals surface area (Å²) >= 11 is 0. The lowest BCUT2D eigenvalue weighted by molar-refractivity contribution is 0.0633. The van der Waals surface area contributed by atoms with Gasteiger partial charge in [-0.2, -0.15) is 0 Å². The molecule has 1 aromatic heterocycles. The molecule has 5 rings (SSSR count). The number of carbonyl (C=O) groups excluding carboxylic acids is 1. The van der Waals surface area contributed by atoms with Crippen molar-refractivity contribution in [1.29, 1.82) is 0 Å². The van der Waals surface area contributed by atoms with Gasteiger partial charge in [0.25, 0.3) is 5.91 Å². The van der Waals surface area contributed by atoms with Crippen LogP contribution in [0.5, 0.6) is 0 Å². The number of imidazole rings is 1. The maximum absolute atomic E-state index is 14.1. The van der Waals surface area contributed by atoms with Crippen LogP contribution in [-0.4, -0.2) is 68.6 Å². The first-order chi connectivity index (χ1) is 19.9. The van der Waals surface area contributed by atoms with Crippen molar-refractivity contribution in [2.75, 3.05) is 26.2 Å². The molecule has 1 amide bonds. The monoisotopic (exact) mass is 556 g/mol. The zero-order valence-corrected chi connectivity index (χ0v) is 24.6. The standard InChI is InChI=1S/C34H44N4O3/c1-3-4-5-6-10-25-11-9-12-28(23-25)32-35-30(24-26-13-15-27(16-14-26)34(40)41)31(36(32)2)33(39)38-21-17-29(18-22-38)37-19-7-8-20-37/h9,11-16,23,29H,3-8,10,17-22,24H2,1-2H3,(H,40,41). The third kappa shape index (κ3) is 6.89. The number of unbranched alkanes of at least 4 members (excludes halogenated alkanes) is 3. The molecule has 2 aliphatic heterocycles. The van der Waals surface area contributed by atoms with Crippen LogP contribution in [-0.2, 0) is 19.9 Å². The second-order valence-electron chi connectivity index (χ2n) is 11.7. The molecule has 2 aliphatic rings. The van der Waals surface area contributed by atoms with Gasteiger partial charge in [-0.1, -0.05) is 56.5 Å². The van der Waals surface area contributed by atoms with Gasteiger partial charge in [-0.15, -0.1) is 0 Å². The number of hydrogen-bond donors (Lipinski definition) is 1. The second-order valence-corrected chi connectivity index (χ2v) is 11.7. The Labute approximate surface area is 244 Å². The van der Waals surface area contributed by atoms with Crippen LogP contribution in [0.15, 0.2) is 48.5 Å². The summed E-state index contributed by atoms with van der Waals surface area (Å²) in [6, 6.07) is 16.0. The fraction of sp³-hybridized carbons (Fsp3) is 0.500. The Morgan fingerprint density at radius 2 is 1.66 bits per heavy atom. The van der Waals surface area contributed by atoms with Gasteiger partial charge in [0.05, 0.1) is 11.3 Å². The van der Waals surface area contributed by atoms with Gasteiger partial charge in [0.1, 0.15) is 11.5 Å². The molecule has 0 saturated carbocycles. The van der Waals surface area contributed by atoms with Gasteiger partial charge >= 0.3 is 5.97 Å². The normalized spacial score (nSPS) is 16.4. The van der Waals surface area contributed by atoms with Gasteiger partial charge in [0.2, 0.25) is 0 Å². The third-order valence-corrected chi connectivity index (χ3v) is 8.86. The number of aromatic carboxylic acids is 1. The maximum atomic E-state index is 14.1. The van der Waals surface area contributed by atoms with Crippen LogP contribution >= 0.6 is 0 Å². The van der Waals surface area contributed by atoms with E-state index in [2.05, 4.69) is 36.1 Å². The molecular formula is C34H44N4O3. The number of benzene rings is 2. The van der Waals surface area contributed by atoms with E-state index in [1.54, 1.807) is 12.1 Å². The van der Waals surface area contributed by atoms with Gasteiger partial charge in [-0.25, -0.2) is 9.78 Å². The molecule has 0 radical (unpaired) electrons. The van der Waals surface area contributed by atoms with Crippen molar-refractivity contribution in [3.05, 3.63) is 76.6 Å². The molecule has 0 aliphatic carbocycles. The van der Waals surface area contributed by atoms with Crippen molar-refractivity contribution in [3.8, 4) is 11.4 Å². The van der Waals surface area contributed by atoms with Gasteiger partial charge in [-0.3, -0.25) is 4.79 Å². The Hall–Kier alpha value is -3.45. The molecule has 0 bridgehead atoms. The highest BCUT2D eigenvalue weighted by Crippen LogP contribution is 2.28. The average molecular weight is 557 g/mol. The second kappa shape index (κ2) is 13.5. The number of carbonyl (C=O) groups is 2. The highest BCUT2D eigenvalue weighted by Gasteiger charge is 2.32. The summed E-state index contributed by atoms with van der Waals surface area (Å²) in [5.74, 6) is -0.105. The van der Waals surface area contributed by atoms with Gasteiger partial charge in [0, 0.05) is 38.2 Å². The Bertz CT molecular complexity index is 1330. The minimum Gasteiger partial charge on any atom is -0.478 e. The topological polar surface area (TPSA) is 78.7 Å². The van der Waals surface area contributed by atoms with E-state index in [4.69, 9.17) is 4.98 Å². The van der Waals surface area contributed by atoms with Crippen molar-refractivity contribution in [3.63, 3.8) is 0 Å². The fourth-order valence-electron chi connectivity index (χ4n) is 6.47. The molecule has 0 atom stereocenters. The van der Waals surface area contributed by atoms with Crippen molar-refractivity contribution in [2.24, 2.45) is 7.05 Å². The van der Waals surface area contributed by atoms with Crippen molar-refractivity contribution < 1.29 is 14.7 Å². The van der Waals surface area contributed by atoms with Crippen LogP contribution in [0.3, 0.4) is 0 Å². The quantitative estimate of drug-likeness (QED) is 0.285. The number of rotatable bonds is 11. The summed E-state index contributed by atoms with van der Waals surface area (Å²) in [6.45, 7) is 6.13. The first kappa shape index (κ1) is 29.1. The van der Waals surface area contributed by atoms with Crippen LogP contribution in [0.2, 0.25) is 0 Å². The highest BCUT2D eigenvalue weighted by molar-refractivity contribution is 5.95. The van der Waals surface area contributed by atoms with Crippen LogP contribution in [0.25, 0.3) is 11.4 Å². The molecule has 7 nitrogen and oxygen atoms in total. The van der Waals surface area contributed by atoms with E-state index in [1.807, 2.05) is 28.6 Å². The summed E-state index contributed by atoms with van der Waals surface area (Å²) in [5, 5.41) is 9.31. The molecule has 1 N–H and O–H groups in total. The molecule has 218 valence electrons. The van der Waals surface area contributed by atoms with E-state index in [1.165, 1.54) is 57.2 Å². The van der Waals surface area contributed by atoms with Crippen LogP contribution in [0.4, 0.5) is 0 Å². The zero-order chi connectivity index (χ0) is 28.8. The molecule has 3 heterocycles. The Morgan fingerprint density at radius 3 is 2.34 bits per heavy atom. The zero-order valence-electron chi connectivity index (χ0n) is 24.6. The minimum atomic E-state index is -0.945. The van der Waals surface area contributed by atoms with Crippen molar-refractivity contribution >= 4 is 11.9 Å². The van der Waals surface area contributed by atoms with Crippen molar-refractivity contribution in [2.45, 2.75) is 77.2 Å². The first-order valence-electron chi connectivity index (χ1n) is 15.4. The summed E-state index contributed by atoms with van der Waals surface area (Å²) in [4.78, 5) is 35.1. The Morgan fingerprint density at radius 1 is 0.927 bits per heavy atom. The van der Waals surface area contributed by atoms with E-state index in [0.717, 1.165) is 55.0 Å². The predicted molar refractivity (Wildman–Crippen MR) is 162 cm³/mol. The lowest BCUT2D eigenvalue weighted by Crippen LogP contribution is -2.46. The van der Waals surface area contributed by atoms with E-state index in [9.17, 15) is 14.7 Å². The number of aryl methyl sites for hydroxylation is 1. The summed E-state index contributed by atoms with van der Waals surface area (Å²) in [5.41, 5.74) is 4.88. The SMILES string of the molecule is CCCCCCc1cccc(-c2nc(Cc3ccc(C(=O)O)cc3)c(C(=O)N3CCC(N4CCCC4)CC3)n2C)c1. The van der Waals surface area contributed by atoms with Crippen molar-refractivity contribution in [1.82, 2.24) is 19.4 Å². The number of likely N-dealkylation sites (tertiary alicyclic amines) is 2. The van der Waals surface area contributed by atoms with Gasteiger partial charge < -0.3 is 19.5 Å². The molecule has 2 saturated heterocycles. The number of hydrogen-bond acceptors (Lipinski definition) is 4. The largest absolute Gasteiger partial charge is 0.478 e. The molecular weight excluding hydrogens is 512 g/mol. The Balaban J connectivity index is 1.41. The number of aromatic nitrogens is 2. The third-order valence-electron chi connectivity index (χ3n) is 8.86. The molecule has 2 aromatic carbocycles. The molecule has 41 heavy (non-hydrogen) atoms. The van der Waals surface area contributed by atoms with Gasteiger partial charge in [0.15, 0.2) is 0 Å². The molecule has 2 fully saturated rings. The average Bonchev–Trinajstić information content (AvgIpc) is 3.64. The molecule has 7 heteroatoms. The van der Waals surface area contributed by atoms with Gasteiger partial charge in [-0.05, 0) is 80.9 Å². The molecule has 3 aromatic rings. The minimum absolute atomic E-state index is 0.0407. The van der Waals surface area contributed by atoms with E-state index < -0.39 is 5.97 Å². The highest BCUT2D eigenvalue weighted by atomic mass is 16.4. The smallest absolute Gasteiger partial charge is 0.335 e. The summed E-state index contributed by atoms with van der Waals surface area (Å²) in [7, 11) is 1.96. The summed E-state index contributed by atoms with van der Waals surface area (Å²) in [6.07, 6.45) is 11.0. The molecule has 0 spiro atoms. The van der Waals surface area contributed by atoms with Crippen LogP contribution in [0.1, 0.15) is 96.0 Å². The number of carboxylic acids is 1. The number of piperidine rings is 1. The Kier molecular flexibility index (Phi) is 9.55. The maximum Gasteiger partial charge on any atom is 0.335 e. The van der Waals surface area contributed by atoms with Crippen LogP contribution < -0.4 is 0 Å². The first-order valence-corrected chi connectivity index (χ1v) is 15.4. The summed E-state index contributed by atoms with van der Waals surface area (Å²) < 4.78 is 1.98. The number of amides is 1. The lowest BCUT2D eigenvalue weighted by atomic mass is 10.0. The van der Waals surface area contributed by atoms with Crippen LogP contribution in [0, 0.1) is 0 Å². The number of nitrogens with zero attached hydrogens (tertiary/aromatic N) is 4. The number of carboxylic acid groups (broad SMARTS) is 1. The van der Waals surface area contributed by atoms with E-state index in [-0.39, 0.29) is 11.5 Å². The van der Waals surface area contributed by atoms with E-state index >= 15 is 0 Å². The molecule has 0 unspecified atom stereocenters.